The van der Waals surface area contributed by atoms with E-state index in [1.807, 2.05) is 13.0 Å². The summed E-state index contributed by atoms with van der Waals surface area (Å²) in [6.07, 6.45) is 0. The third-order valence-corrected chi connectivity index (χ3v) is 4.99. The van der Waals surface area contributed by atoms with Gasteiger partial charge in [0.25, 0.3) is 17.0 Å². The van der Waals surface area contributed by atoms with Crippen molar-refractivity contribution in [3.63, 3.8) is 0 Å². The quantitative estimate of drug-likeness (QED) is 0.659. The van der Waals surface area contributed by atoms with Crippen molar-refractivity contribution in [2.75, 3.05) is 5.32 Å². The SMILES string of the molecule is Cc1cc(Br)ccc1NC(=O)c1cc(=O)n(C)c2c1c(=O)n(C)c(=O)n2C. The number of benzene rings is 1. The van der Waals surface area contributed by atoms with Crippen LogP contribution in [-0.2, 0) is 21.1 Å². The second-order valence-corrected chi connectivity index (χ2v) is 7.19. The van der Waals surface area contributed by atoms with Gasteiger partial charge in [0.2, 0.25) is 0 Å². The number of nitrogens with zero attached hydrogens (tertiary/aromatic N) is 3. The number of aryl methyl sites for hydroxylation is 3. The lowest BCUT2D eigenvalue weighted by Gasteiger charge is -2.14. The first kappa shape index (κ1) is 18.8. The van der Waals surface area contributed by atoms with E-state index in [4.69, 9.17) is 0 Å². The molecule has 3 rings (SSSR count). The number of halogens is 1. The molecular weight excluding hydrogens is 416 g/mol. The van der Waals surface area contributed by atoms with E-state index in [-0.39, 0.29) is 16.6 Å². The summed E-state index contributed by atoms with van der Waals surface area (Å²) in [7, 11) is 4.23. The number of carbonyl (C=O) groups is 1. The van der Waals surface area contributed by atoms with Crippen LogP contribution in [0.1, 0.15) is 15.9 Å². The molecule has 27 heavy (non-hydrogen) atoms. The van der Waals surface area contributed by atoms with Gasteiger partial charge in [0.1, 0.15) is 5.65 Å². The maximum Gasteiger partial charge on any atom is 0.332 e. The molecule has 1 amide bonds. The number of nitrogens with one attached hydrogen (secondary N) is 1. The standard InChI is InChI=1S/C18H17BrN4O4/c1-9-7-10(19)5-6-12(9)20-15(25)11-8-13(24)21(2)16-14(11)17(26)23(4)18(27)22(16)3/h5-8H,1-4H3,(H,20,25). The number of aromatic nitrogens is 3. The second kappa shape index (κ2) is 6.66. The van der Waals surface area contributed by atoms with Gasteiger partial charge in [0, 0.05) is 37.4 Å². The first-order valence-corrected chi connectivity index (χ1v) is 8.80. The Balaban J connectivity index is 2.30. The molecule has 3 aromatic rings. The van der Waals surface area contributed by atoms with E-state index < -0.39 is 22.7 Å². The van der Waals surface area contributed by atoms with Crippen LogP contribution in [0, 0.1) is 6.92 Å². The Kier molecular flexibility index (Phi) is 4.64. The van der Waals surface area contributed by atoms with E-state index in [1.165, 1.54) is 30.3 Å². The molecule has 0 radical (unpaired) electrons. The number of rotatable bonds is 2. The fraction of sp³-hybridized carbons (Fsp3) is 0.222. The first-order valence-electron chi connectivity index (χ1n) is 8.00. The molecule has 0 saturated heterocycles. The van der Waals surface area contributed by atoms with E-state index in [9.17, 15) is 19.2 Å². The summed E-state index contributed by atoms with van der Waals surface area (Å²) < 4.78 is 4.13. The molecule has 8 nitrogen and oxygen atoms in total. The predicted octanol–water partition coefficient (Wildman–Crippen LogP) is 1.26. The molecule has 0 aliphatic carbocycles. The van der Waals surface area contributed by atoms with Crippen molar-refractivity contribution in [3.8, 4) is 0 Å². The van der Waals surface area contributed by atoms with Gasteiger partial charge < -0.3 is 5.32 Å². The van der Waals surface area contributed by atoms with Gasteiger partial charge in [-0.25, -0.2) is 4.79 Å². The fourth-order valence-electron chi connectivity index (χ4n) is 2.99. The van der Waals surface area contributed by atoms with Gasteiger partial charge in [0.05, 0.1) is 10.9 Å². The summed E-state index contributed by atoms with van der Waals surface area (Å²) in [6.45, 7) is 1.82. The van der Waals surface area contributed by atoms with E-state index >= 15 is 0 Å². The topological polar surface area (TPSA) is 95.1 Å². The highest BCUT2D eigenvalue weighted by Gasteiger charge is 2.21. The Labute approximate surface area is 161 Å². The highest BCUT2D eigenvalue weighted by molar-refractivity contribution is 9.10. The zero-order valence-corrected chi connectivity index (χ0v) is 16.7. The Morgan fingerprint density at radius 1 is 1.00 bits per heavy atom. The van der Waals surface area contributed by atoms with E-state index in [0.29, 0.717) is 5.69 Å². The second-order valence-electron chi connectivity index (χ2n) is 6.27. The molecule has 140 valence electrons. The van der Waals surface area contributed by atoms with Gasteiger partial charge in [0.15, 0.2) is 0 Å². The maximum atomic E-state index is 12.9. The molecule has 9 heteroatoms. The Morgan fingerprint density at radius 3 is 2.30 bits per heavy atom. The third kappa shape index (κ3) is 3.03. The van der Waals surface area contributed by atoms with E-state index in [1.54, 1.807) is 12.1 Å². The maximum absolute atomic E-state index is 12.9. The van der Waals surface area contributed by atoms with Crippen molar-refractivity contribution in [2.24, 2.45) is 21.1 Å². The summed E-state index contributed by atoms with van der Waals surface area (Å²) in [5.41, 5.74) is -0.335. The average molecular weight is 433 g/mol. The zero-order chi connectivity index (χ0) is 20.0. The van der Waals surface area contributed by atoms with Gasteiger partial charge in [-0.05, 0) is 30.7 Å². The molecule has 0 aliphatic heterocycles. The normalized spacial score (nSPS) is 11.0. The molecule has 0 aliphatic rings. The summed E-state index contributed by atoms with van der Waals surface area (Å²) in [6, 6.07) is 6.43. The van der Waals surface area contributed by atoms with Crippen LogP contribution >= 0.6 is 15.9 Å². The molecule has 1 N–H and O–H groups in total. The number of amides is 1. The lowest BCUT2D eigenvalue weighted by atomic mass is 10.1. The van der Waals surface area contributed by atoms with Gasteiger partial charge in [-0.1, -0.05) is 15.9 Å². The Bertz CT molecular complexity index is 1280. The number of anilines is 1. The minimum atomic E-state index is -0.638. The summed E-state index contributed by atoms with van der Waals surface area (Å²) in [5, 5.41) is 2.74. The van der Waals surface area contributed by atoms with Crippen molar-refractivity contribution in [2.45, 2.75) is 6.92 Å². The van der Waals surface area contributed by atoms with E-state index in [2.05, 4.69) is 21.2 Å². The molecule has 0 fully saturated rings. The van der Waals surface area contributed by atoms with E-state index in [0.717, 1.165) is 20.7 Å². The van der Waals surface area contributed by atoms with Crippen LogP contribution in [0.2, 0.25) is 0 Å². The largest absolute Gasteiger partial charge is 0.332 e. The lowest BCUT2D eigenvalue weighted by Crippen LogP contribution is -2.40. The fourth-order valence-corrected chi connectivity index (χ4v) is 3.47. The Hall–Kier alpha value is -2.94. The van der Waals surface area contributed by atoms with Crippen molar-refractivity contribution < 1.29 is 4.79 Å². The molecule has 2 aromatic heterocycles. The number of fused-ring (bicyclic) bond motifs is 1. The van der Waals surface area contributed by atoms with Crippen molar-refractivity contribution in [3.05, 3.63) is 71.1 Å². The molecule has 0 bridgehead atoms. The van der Waals surface area contributed by atoms with Gasteiger partial charge in [-0.2, -0.15) is 0 Å². The summed E-state index contributed by atoms with van der Waals surface area (Å²) in [5.74, 6) is -0.598. The highest BCUT2D eigenvalue weighted by Crippen LogP contribution is 2.21. The minimum Gasteiger partial charge on any atom is -0.322 e. The summed E-state index contributed by atoms with van der Waals surface area (Å²) >= 11 is 3.36. The third-order valence-electron chi connectivity index (χ3n) is 4.50. The van der Waals surface area contributed by atoms with Gasteiger partial charge in [-0.3, -0.25) is 28.1 Å². The minimum absolute atomic E-state index is 0.00830. The van der Waals surface area contributed by atoms with Crippen LogP contribution in [0.4, 0.5) is 5.69 Å². The van der Waals surface area contributed by atoms with Crippen LogP contribution in [0.15, 0.2) is 43.1 Å². The van der Waals surface area contributed by atoms with Gasteiger partial charge >= 0.3 is 5.69 Å². The van der Waals surface area contributed by atoms with Crippen LogP contribution < -0.4 is 22.1 Å². The molecular formula is C18H17BrN4O4. The van der Waals surface area contributed by atoms with Crippen molar-refractivity contribution in [1.29, 1.82) is 0 Å². The van der Waals surface area contributed by atoms with Crippen LogP contribution in [0.25, 0.3) is 11.0 Å². The van der Waals surface area contributed by atoms with Gasteiger partial charge in [-0.15, -0.1) is 0 Å². The van der Waals surface area contributed by atoms with Crippen LogP contribution in [0.5, 0.6) is 0 Å². The molecule has 0 spiro atoms. The molecule has 0 atom stereocenters. The molecule has 0 saturated carbocycles. The number of hydrogen-bond acceptors (Lipinski definition) is 4. The average Bonchev–Trinajstić information content (AvgIpc) is 2.62. The molecule has 2 heterocycles. The zero-order valence-electron chi connectivity index (χ0n) is 15.2. The smallest absolute Gasteiger partial charge is 0.322 e. The Morgan fingerprint density at radius 2 is 1.67 bits per heavy atom. The number of hydrogen-bond donors (Lipinski definition) is 1. The van der Waals surface area contributed by atoms with Crippen LogP contribution in [-0.4, -0.2) is 19.6 Å². The lowest BCUT2D eigenvalue weighted by molar-refractivity contribution is 0.102. The monoisotopic (exact) mass is 432 g/mol. The summed E-state index contributed by atoms with van der Waals surface area (Å²) in [4.78, 5) is 50.1. The number of pyridine rings is 1. The first-order chi connectivity index (χ1) is 12.6. The molecule has 1 aromatic carbocycles. The highest BCUT2D eigenvalue weighted by atomic mass is 79.9. The van der Waals surface area contributed by atoms with Crippen molar-refractivity contribution in [1.82, 2.24) is 13.7 Å². The predicted molar refractivity (Wildman–Crippen MR) is 107 cm³/mol. The van der Waals surface area contributed by atoms with Crippen molar-refractivity contribution >= 4 is 38.6 Å². The molecule has 0 unspecified atom stereocenters. The van der Waals surface area contributed by atoms with Crippen LogP contribution in [0.3, 0.4) is 0 Å². The number of carbonyl (C=O) groups excluding carboxylic acids is 1.